The highest BCUT2D eigenvalue weighted by atomic mass is 35.5. The number of aromatic nitrogens is 2. The second-order valence-electron chi connectivity index (χ2n) is 9.58. The van der Waals surface area contributed by atoms with Crippen LogP contribution in [0, 0.1) is 5.92 Å². The van der Waals surface area contributed by atoms with Gasteiger partial charge in [0, 0.05) is 43.0 Å². The highest BCUT2D eigenvalue weighted by Gasteiger charge is 2.36. The fourth-order valence-corrected chi connectivity index (χ4v) is 5.60. The zero-order valence-electron chi connectivity index (χ0n) is 21.3. The van der Waals surface area contributed by atoms with Crippen LogP contribution in [0.25, 0.3) is 5.82 Å². The number of pyridine rings is 1. The number of nitrogens with zero attached hydrogens (tertiary/aromatic N) is 3. The first-order valence-electron chi connectivity index (χ1n) is 12.6. The molecule has 200 valence electrons. The lowest BCUT2D eigenvalue weighted by Crippen LogP contribution is -2.39. The Morgan fingerprint density at radius 3 is 2.61 bits per heavy atom. The Bertz CT molecular complexity index is 1330. The van der Waals surface area contributed by atoms with Crippen LogP contribution >= 0.6 is 11.6 Å². The molecular weight excluding hydrogens is 510 g/mol. The number of hydrogen-bond donors (Lipinski definition) is 1. The first-order valence-corrected chi connectivity index (χ1v) is 13.0. The van der Waals surface area contributed by atoms with Gasteiger partial charge in [0.1, 0.15) is 18.0 Å². The Balaban J connectivity index is 1.49. The molecule has 1 N–H and O–H groups in total. The zero-order valence-corrected chi connectivity index (χ0v) is 22.1. The summed E-state index contributed by atoms with van der Waals surface area (Å²) in [6, 6.07) is 11.2. The van der Waals surface area contributed by atoms with E-state index in [4.69, 9.17) is 30.9 Å². The Morgan fingerprint density at radius 1 is 1.11 bits per heavy atom. The number of carboxylic acids is 1. The van der Waals surface area contributed by atoms with Crippen LogP contribution in [0.1, 0.15) is 54.7 Å². The predicted molar refractivity (Wildman–Crippen MR) is 140 cm³/mol. The number of aliphatic carboxylic acids is 1. The van der Waals surface area contributed by atoms with E-state index in [0.717, 1.165) is 16.8 Å². The highest BCUT2D eigenvalue weighted by molar-refractivity contribution is 6.30. The summed E-state index contributed by atoms with van der Waals surface area (Å²) in [5, 5.41) is 9.57. The number of halogens is 1. The van der Waals surface area contributed by atoms with Crippen molar-refractivity contribution in [2.24, 2.45) is 5.92 Å². The lowest BCUT2D eigenvalue weighted by molar-refractivity contribution is -0.139. The van der Waals surface area contributed by atoms with E-state index in [9.17, 15) is 9.59 Å². The topological polar surface area (TPSA) is 103 Å². The van der Waals surface area contributed by atoms with Gasteiger partial charge < -0.3 is 28.8 Å². The molecule has 38 heavy (non-hydrogen) atoms. The largest absolute Gasteiger partial charge is 0.493 e. The third-order valence-electron chi connectivity index (χ3n) is 7.29. The number of benzene rings is 1. The molecule has 1 saturated heterocycles. The van der Waals surface area contributed by atoms with Crippen LogP contribution in [0.4, 0.5) is 0 Å². The first-order chi connectivity index (χ1) is 18.4. The van der Waals surface area contributed by atoms with Crippen molar-refractivity contribution >= 4 is 23.5 Å². The van der Waals surface area contributed by atoms with Crippen molar-refractivity contribution in [3.8, 4) is 17.3 Å². The van der Waals surface area contributed by atoms with E-state index in [1.807, 2.05) is 52.1 Å². The summed E-state index contributed by atoms with van der Waals surface area (Å²) >= 11 is 6.40. The van der Waals surface area contributed by atoms with Gasteiger partial charge in [-0.25, -0.2) is 4.98 Å². The molecule has 1 fully saturated rings. The van der Waals surface area contributed by atoms with E-state index in [1.165, 1.54) is 0 Å². The molecule has 10 heteroatoms. The maximum Gasteiger partial charge on any atom is 0.303 e. The molecule has 2 aliphatic heterocycles. The third-order valence-corrected chi connectivity index (χ3v) is 7.50. The maximum absolute atomic E-state index is 13.5. The van der Waals surface area contributed by atoms with E-state index in [1.54, 1.807) is 20.4 Å². The number of carboxylic acid groups (broad SMARTS) is 1. The summed E-state index contributed by atoms with van der Waals surface area (Å²) < 4.78 is 20.0. The molecule has 0 radical (unpaired) electrons. The van der Waals surface area contributed by atoms with Gasteiger partial charge in [-0.1, -0.05) is 23.7 Å². The van der Waals surface area contributed by atoms with Crippen LogP contribution in [0.5, 0.6) is 11.5 Å². The second-order valence-corrected chi connectivity index (χ2v) is 10.0. The van der Waals surface area contributed by atoms with E-state index in [0.29, 0.717) is 48.3 Å². The molecular formula is C28H30ClN3O6. The van der Waals surface area contributed by atoms with Gasteiger partial charge in [-0.15, -0.1) is 0 Å². The SMILES string of the molecule is COc1cccc([C@H]2O[C@H](CC(=O)N3CCC(CC(=O)O)CC3)c3cccn3-c3ncc(Cl)cc32)c1OC. The molecule has 0 aliphatic carbocycles. The van der Waals surface area contributed by atoms with Gasteiger partial charge >= 0.3 is 5.97 Å². The Hall–Kier alpha value is -3.56. The van der Waals surface area contributed by atoms with Crippen LogP contribution in [0.2, 0.25) is 5.02 Å². The predicted octanol–water partition coefficient (Wildman–Crippen LogP) is 4.81. The van der Waals surface area contributed by atoms with Crippen molar-refractivity contribution in [3.63, 3.8) is 0 Å². The van der Waals surface area contributed by atoms with Gasteiger partial charge in [0.15, 0.2) is 11.5 Å². The molecule has 2 aliphatic rings. The third kappa shape index (κ3) is 5.08. The lowest BCUT2D eigenvalue weighted by Gasteiger charge is -2.32. The Morgan fingerprint density at radius 2 is 1.89 bits per heavy atom. The van der Waals surface area contributed by atoms with Crippen LogP contribution in [0.3, 0.4) is 0 Å². The molecule has 5 rings (SSSR count). The van der Waals surface area contributed by atoms with Gasteiger partial charge in [0.25, 0.3) is 0 Å². The minimum absolute atomic E-state index is 0.0372. The number of piperidine rings is 1. The van der Waals surface area contributed by atoms with Crippen LogP contribution < -0.4 is 9.47 Å². The normalized spacial score (nSPS) is 19.3. The zero-order chi connectivity index (χ0) is 26.8. The monoisotopic (exact) mass is 539 g/mol. The van der Waals surface area contributed by atoms with Crippen LogP contribution in [0.15, 0.2) is 48.8 Å². The van der Waals surface area contributed by atoms with Crippen molar-refractivity contribution in [3.05, 3.63) is 70.6 Å². The number of para-hydroxylation sites is 1. The van der Waals surface area contributed by atoms with Gasteiger partial charge in [0.05, 0.1) is 31.4 Å². The molecule has 0 bridgehead atoms. The van der Waals surface area contributed by atoms with Crippen molar-refractivity contribution in [1.29, 1.82) is 0 Å². The molecule has 9 nitrogen and oxygen atoms in total. The molecule has 0 saturated carbocycles. The summed E-state index contributed by atoms with van der Waals surface area (Å²) in [6.07, 6.45) is 3.89. The number of carbonyl (C=O) groups is 2. The fraction of sp³-hybridized carbons (Fsp3) is 0.393. The van der Waals surface area contributed by atoms with E-state index in [-0.39, 0.29) is 24.7 Å². The van der Waals surface area contributed by atoms with Gasteiger partial charge in [-0.2, -0.15) is 0 Å². The fourth-order valence-electron chi connectivity index (χ4n) is 5.43. The molecule has 0 unspecified atom stereocenters. The summed E-state index contributed by atoms with van der Waals surface area (Å²) in [7, 11) is 3.16. The molecule has 2 aromatic heterocycles. The lowest BCUT2D eigenvalue weighted by atomic mass is 9.93. The number of likely N-dealkylation sites (tertiary alicyclic amines) is 1. The highest BCUT2D eigenvalue weighted by Crippen LogP contribution is 2.46. The van der Waals surface area contributed by atoms with Crippen molar-refractivity contribution in [1.82, 2.24) is 14.5 Å². The number of fused-ring (bicyclic) bond motifs is 3. The number of amides is 1. The quantitative estimate of drug-likeness (QED) is 0.459. The summed E-state index contributed by atoms with van der Waals surface area (Å²) in [4.78, 5) is 31.0. The standard InChI is InChI=1S/C28H30ClN3O6/c1-36-22-7-3-5-19(27(22)37-2)26-20-14-18(29)16-30-28(20)32-10-4-6-21(32)23(38-26)15-24(33)31-11-8-17(9-12-31)13-25(34)35/h3-7,10,14,16-17,23,26H,8-9,11-13,15H2,1-2H3,(H,34,35)/t23-,26-/m1/s1. The number of methoxy groups -OCH3 is 2. The molecule has 2 atom stereocenters. The van der Waals surface area contributed by atoms with Crippen LogP contribution in [-0.2, 0) is 14.3 Å². The van der Waals surface area contributed by atoms with E-state index >= 15 is 0 Å². The minimum atomic E-state index is -0.797. The van der Waals surface area contributed by atoms with Crippen molar-refractivity contribution in [2.45, 2.75) is 37.9 Å². The van der Waals surface area contributed by atoms with E-state index < -0.39 is 18.2 Å². The average Bonchev–Trinajstić information content (AvgIpc) is 3.36. The molecule has 0 spiro atoms. The number of carbonyl (C=O) groups excluding carboxylic acids is 1. The number of hydrogen-bond acceptors (Lipinski definition) is 6. The molecule has 1 aromatic carbocycles. The maximum atomic E-state index is 13.5. The molecule has 1 amide bonds. The molecule has 3 aromatic rings. The first kappa shape index (κ1) is 26.1. The number of ether oxygens (including phenoxy) is 3. The summed E-state index contributed by atoms with van der Waals surface area (Å²) in [5.74, 6) is 1.01. The van der Waals surface area contributed by atoms with Crippen molar-refractivity contribution < 1.29 is 28.9 Å². The second kappa shape index (κ2) is 11.0. The smallest absolute Gasteiger partial charge is 0.303 e. The van der Waals surface area contributed by atoms with Gasteiger partial charge in [-0.3, -0.25) is 9.59 Å². The molecule has 4 heterocycles. The van der Waals surface area contributed by atoms with Crippen molar-refractivity contribution in [2.75, 3.05) is 27.3 Å². The van der Waals surface area contributed by atoms with Gasteiger partial charge in [0.2, 0.25) is 5.91 Å². The summed E-state index contributed by atoms with van der Waals surface area (Å²) in [6.45, 7) is 1.07. The van der Waals surface area contributed by atoms with E-state index in [2.05, 4.69) is 4.98 Å². The van der Waals surface area contributed by atoms with Gasteiger partial charge in [-0.05, 0) is 43.0 Å². The minimum Gasteiger partial charge on any atom is -0.493 e. The van der Waals surface area contributed by atoms with Crippen LogP contribution in [-0.4, -0.2) is 58.7 Å². The average molecular weight is 540 g/mol. The Labute approximate surface area is 225 Å². The Kier molecular flexibility index (Phi) is 7.58. The number of rotatable bonds is 7. The summed E-state index contributed by atoms with van der Waals surface area (Å²) in [5.41, 5.74) is 2.28.